The van der Waals surface area contributed by atoms with Crippen LogP contribution in [-0.4, -0.2) is 25.7 Å². The third kappa shape index (κ3) is 8.73. The number of alkyl halides is 3. The van der Waals surface area contributed by atoms with Gasteiger partial charge in [-0.25, -0.2) is 0 Å². The van der Waals surface area contributed by atoms with Crippen molar-refractivity contribution in [3.63, 3.8) is 0 Å². The SMILES string of the molecule is COc1ccc(CSc2ccc(NCCCC(F)(F)F)c(NC(=O)C(C)(C)C)c2)cc1. The smallest absolute Gasteiger partial charge is 0.389 e. The number of hydrogen-bond donors (Lipinski definition) is 2. The first-order valence-electron chi connectivity index (χ1n) is 10.00. The number of halogens is 3. The normalized spacial score (nSPS) is 11.8. The Labute approximate surface area is 185 Å². The molecule has 0 saturated carbocycles. The standard InChI is InChI=1S/C23H29F3N2O2S/c1-22(2,3)21(29)28-20-14-18(31-15-16-6-8-17(30-4)9-7-16)10-11-19(20)27-13-5-12-23(24,25)26/h6-11,14,27H,5,12-13,15H2,1-4H3,(H,28,29). The van der Waals surface area contributed by atoms with Gasteiger partial charge in [-0.1, -0.05) is 32.9 Å². The number of methoxy groups -OCH3 is 1. The minimum absolute atomic E-state index is 0.0376. The zero-order chi connectivity index (χ0) is 23.1. The molecule has 0 aromatic heterocycles. The van der Waals surface area contributed by atoms with Crippen LogP contribution in [0.2, 0.25) is 0 Å². The zero-order valence-electron chi connectivity index (χ0n) is 18.2. The highest BCUT2D eigenvalue weighted by Crippen LogP contribution is 2.32. The van der Waals surface area contributed by atoms with Crippen molar-refractivity contribution in [3.8, 4) is 5.75 Å². The number of benzene rings is 2. The van der Waals surface area contributed by atoms with Crippen LogP contribution < -0.4 is 15.4 Å². The van der Waals surface area contributed by atoms with Crippen molar-refractivity contribution in [2.75, 3.05) is 24.3 Å². The lowest BCUT2D eigenvalue weighted by Crippen LogP contribution is -2.28. The summed E-state index contributed by atoms with van der Waals surface area (Å²) in [6.45, 7) is 5.58. The second kappa shape index (κ2) is 10.8. The summed E-state index contributed by atoms with van der Waals surface area (Å²) in [5, 5.41) is 5.93. The molecule has 0 spiro atoms. The van der Waals surface area contributed by atoms with Crippen LogP contribution in [0.15, 0.2) is 47.4 Å². The van der Waals surface area contributed by atoms with E-state index in [0.29, 0.717) is 11.4 Å². The molecule has 2 aromatic rings. The minimum atomic E-state index is -4.17. The number of carbonyl (C=O) groups excluding carboxylic acids is 1. The predicted octanol–water partition coefficient (Wildman–Crippen LogP) is 6.73. The van der Waals surface area contributed by atoms with E-state index in [9.17, 15) is 18.0 Å². The van der Waals surface area contributed by atoms with Gasteiger partial charge < -0.3 is 15.4 Å². The Hall–Kier alpha value is -2.35. The number of rotatable bonds is 9. The molecule has 0 fully saturated rings. The Kier molecular flexibility index (Phi) is 8.68. The lowest BCUT2D eigenvalue weighted by atomic mass is 9.95. The quantitative estimate of drug-likeness (QED) is 0.326. The van der Waals surface area contributed by atoms with Crippen LogP contribution in [-0.2, 0) is 10.5 Å². The lowest BCUT2D eigenvalue weighted by Gasteiger charge is -2.20. The van der Waals surface area contributed by atoms with Crippen molar-refractivity contribution >= 4 is 29.0 Å². The summed E-state index contributed by atoms with van der Waals surface area (Å²) in [6, 6.07) is 13.3. The van der Waals surface area contributed by atoms with Gasteiger partial charge >= 0.3 is 6.18 Å². The molecule has 1 amide bonds. The highest BCUT2D eigenvalue weighted by atomic mass is 32.2. The molecule has 2 N–H and O–H groups in total. The topological polar surface area (TPSA) is 50.4 Å². The van der Waals surface area contributed by atoms with Crippen molar-refractivity contribution in [2.24, 2.45) is 5.41 Å². The molecule has 0 bridgehead atoms. The van der Waals surface area contributed by atoms with E-state index in [-0.39, 0.29) is 18.9 Å². The fourth-order valence-corrected chi connectivity index (χ4v) is 3.47. The van der Waals surface area contributed by atoms with Crippen molar-refractivity contribution in [2.45, 2.75) is 50.4 Å². The second-order valence-corrected chi connectivity index (χ2v) is 9.24. The zero-order valence-corrected chi connectivity index (χ0v) is 19.0. The second-order valence-electron chi connectivity index (χ2n) is 8.19. The highest BCUT2D eigenvalue weighted by Gasteiger charge is 2.26. The Morgan fingerprint density at radius 2 is 1.71 bits per heavy atom. The number of carbonyl (C=O) groups is 1. The molecule has 0 radical (unpaired) electrons. The number of hydrogen-bond acceptors (Lipinski definition) is 4. The Bertz CT molecular complexity index is 863. The average Bonchev–Trinajstić information content (AvgIpc) is 2.69. The molecule has 0 aliphatic rings. The van der Waals surface area contributed by atoms with Gasteiger partial charge in [-0.05, 0) is 42.3 Å². The van der Waals surface area contributed by atoms with Gasteiger partial charge in [0.2, 0.25) is 5.91 Å². The largest absolute Gasteiger partial charge is 0.497 e. The van der Waals surface area contributed by atoms with Crippen LogP contribution in [0.25, 0.3) is 0 Å². The minimum Gasteiger partial charge on any atom is -0.497 e. The molecule has 2 rings (SSSR count). The first kappa shape index (κ1) is 24.9. The number of thioether (sulfide) groups is 1. The molecule has 8 heteroatoms. The van der Waals surface area contributed by atoms with Gasteiger partial charge in [0.1, 0.15) is 5.75 Å². The monoisotopic (exact) mass is 454 g/mol. The van der Waals surface area contributed by atoms with Crippen LogP contribution in [0.3, 0.4) is 0 Å². The number of anilines is 2. The molecule has 0 heterocycles. The van der Waals surface area contributed by atoms with Gasteiger partial charge in [-0.2, -0.15) is 13.2 Å². The Morgan fingerprint density at radius 1 is 1.03 bits per heavy atom. The molecule has 170 valence electrons. The van der Waals surface area contributed by atoms with Gasteiger partial charge in [0.15, 0.2) is 0 Å². The van der Waals surface area contributed by atoms with Gasteiger partial charge in [-0.15, -0.1) is 11.8 Å². The Balaban J connectivity index is 2.10. The van der Waals surface area contributed by atoms with E-state index < -0.39 is 18.0 Å². The van der Waals surface area contributed by atoms with Crippen molar-refractivity contribution < 1.29 is 22.7 Å². The highest BCUT2D eigenvalue weighted by molar-refractivity contribution is 7.98. The lowest BCUT2D eigenvalue weighted by molar-refractivity contribution is -0.134. The van der Waals surface area contributed by atoms with Crippen LogP contribution in [0.4, 0.5) is 24.5 Å². The van der Waals surface area contributed by atoms with E-state index in [1.807, 2.05) is 36.4 Å². The van der Waals surface area contributed by atoms with Crippen molar-refractivity contribution in [1.82, 2.24) is 0 Å². The molecule has 0 atom stereocenters. The summed E-state index contributed by atoms with van der Waals surface area (Å²) in [4.78, 5) is 13.4. The maximum atomic E-state index is 12.5. The van der Waals surface area contributed by atoms with E-state index in [0.717, 1.165) is 22.0 Å². The van der Waals surface area contributed by atoms with Crippen LogP contribution in [0.5, 0.6) is 5.75 Å². The van der Waals surface area contributed by atoms with Crippen LogP contribution in [0, 0.1) is 5.41 Å². The summed E-state index contributed by atoms with van der Waals surface area (Å²) in [5.74, 6) is 1.36. The maximum absolute atomic E-state index is 12.5. The summed E-state index contributed by atoms with van der Waals surface area (Å²) >= 11 is 1.61. The Morgan fingerprint density at radius 3 is 2.29 bits per heavy atom. The first-order valence-corrected chi connectivity index (χ1v) is 11.0. The van der Waals surface area contributed by atoms with Gasteiger partial charge in [-0.3, -0.25) is 4.79 Å². The van der Waals surface area contributed by atoms with E-state index in [2.05, 4.69) is 10.6 Å². The van der Waals surface area contributed by atoms with Crippen LogP contribution in [0.1, 0.15) is 39.2 Å². The molecule has 0 unspecified atom stereocenters. The fourth-order valence-electron chi connectivity index (χ4n) is 2.58. The molecule has 0 saturated heterocycles. The molecule has 31 heavy (non-hydrogen) atoms. The van der Waals surface area contributed by atoms with Crippen molar-refractivity contribution in [3.05, 3.63) is 48.0 Å². The third-order valence-electron chi connectivity index (χ3n) is 4.44. The summed E-state index contributed by atoms with van der Waals surface area (Å²) in [7, 11) is 1.62. The van der Waals surface area contributed by atoms with E-state index in [1.165, 1.54) is 0 Å². The van der Waals surface area contributed by atoms with Gasteiger partial charge in [0.05, 0.1) is 18.5 Å². The molecular weight excluding hydrogens is 425 g/mol. The van der Waals surface area contributed by atoms with Crippen LogP contribution >= 0.6 is 11.8 Å². The van der Waals surface area contributed by atoms with E-state index in [1.54, 1.807) is 45.7 Å². The van der Waals surface area contributed by atoms with Gasteiger partial charge in [0.25, 0.3) is 0 Å². The molecule has 0 aliphatic heterocycles. The molecule has 0 aliphatic carbocycles. The van der Waals surface area contributed by atoms with Gasteiger partial charge in [0, 0.05) is 29.0 Å². The first-order chi connectivity index (χ1) is 14.5. The third-order valence-corrected chi connectivity index (χ3v) is 5.50. The number of nitrogens with one attached hydrogen (secondary N) is 2. The predicted molar refractivity (Wildman–Crippen MR) is 121 cm³/mol. The van der Waals surface area contributed by atoms with E-state index in [4.69, 9.17) is 4.74 Å². The number of amides is 1. The average molecular weight is 455 g/mol. The maximum Gasteiger partial charge on any atom is 0.389 e. The molecule has 2 aromatic carbocycles. The van der Waals surface area contributed by atoms with E-state index >= 15 is 0 Å². The van der Waals surface area contributed by atoms with Crippen molar-refractivity contribution in [1.29, 1.82) is 0 Å². The molecular formula is C23H29F3N2O2S. The number of ether oxygens (including phenoxy) is 1. The molecule has 4 nitrogen and oxygen atoms in total. The summed E-state index contributed by atoms with van der Waals surface area (Å²) in [6.07, 6.45) is -5.06. The summed E-state index contributed by atoms with van der Waals surface area (Å²) < 4.78 is 42.3. The summed E-state index contributed by atoms with van der Waals surface area (Å²) in [5.41, 5.74) is 1.69. The fraction of sp³-hybridized carbons (Fsp3) is 0.435.